The summed E-state index contributed by atoms with van der Waals surface area (Å²) in [5.41, 5.74) is 0.859. The predicted octanol–water partition coefficient (Wildman–Crippen LogP) is 3.04. The van der Waals surface area contributed by atoms with Crippen LogP contribution in [0.3, 0.4) is 0 Å². The lowest BCUT2D eigenvalue weighted by Gasteiger charge is -2.08. The summed E-state index contributed by atoms with van der Waals surface area (Å²) in [6.07, 6.45) is -0.924. The zero-order valence-electron chi connectivity index (χ0n) is 7.43. The van der Waals surface area contributed by atoms with E-state index >= 15 is 0 Å². The van der Waals surface area contributed by atoms with Gasteiger partial charge in [-0.05, 0) is 18.1 Å². The van der Waals surface area contributed by atoms with Crippen molar-refractivity contribution in [3.05, 3.63) is 28.6 Å². The highest BCUT2D eigenvalue weighted by molar-refractivity contribution is 9.08. The molecule has 0 aliphatic heterocycles. The van der Waals surface area contributed by atoms with E-state index in [1.54, 1.807) is 6.92 Å². The van der Waals surface area contributed by atoms with Crippen LogP contribution < -0.4 is 0 Å². The molecule has 2 nitrogen and oxygen atoms in total. The molecule has 0 aliphatic carbocycles. The standard InChI is InChI=1S/C9H8BrF2NO/c1-5-6(2-10)3-13-8(9(11)12)7(5)4-14/h3-4,9H,2H2,1H3. The molecule has 0 bridgehead atoms. The van der Waals surface area contributed by atoms with Gasteiger partial charge in [0.25, 0.3) is 6.43 Å². The van der Waals surface area contributed by atoms with E-state index in [0.717, 1.165) is 5.56 Å². The van der Waals surface area contributed by atoms with Crippen molar-refractivity contribution < 1.29 is 13.6 Å². The molecular formula is C9H8BrF2NO. The van der Waals surface area contributed by atoms with Gasteiger partial charge < -0.3 is 0 Å². The summed E-state index contributed by atoms with van der Waals surface area (Å²) in [5.74, 6) is 0. The number of carbonyl (C=O) groups is 1. The Kier molecular flexibility index (Phi) is 3.69. The molecule has 1 aromatic heterocycles. The van der Waals surface area contributed by atoms with Gasteiger partial charge in [-0.2, -0.15) is 0 Å². The fourth-order valence-electron chi connectivity index (χ4n) is 1.14. The van der Waals surface area contributed by atoms with Gasteiger partial charge in [0.15, 0.2) is 6.29 Å². The maximum atomic E-state index is 12.4. The van der Waals surface area contributed by atoms with Gasteiger partial charge in [-0.1, -0.05) is 15.9 Å². The normalized spacial score (nSPS) is 10.6. The molecule has 0 spiro atoms. The number of nitrogens with zero attached hydrogens (tertiary/aromatic N) is 1. The Balaban J connectivity index is 3.35. The van der Waals surface area contributed by atoms with Gasteiger partial charge in [0.05, 0.1) is 0 Å². The Bertz CT molecular complexity index is 355. The molecule has 0 unspecified atom stereocenters. The smallest absolute Gasteiger partial charge is 0.281 e. The molecule has 14 heavy (non-hydrogen) atoms. The first-order chi connectivity index (χ1) is 6.61. The van der Waals surface area contributed by atoms with Crippen LogP contribution in [0.2, 0.25) is 0 Å². The first kappa shape index (κ1) is 11.2. The summed E-state index contributed by atoms with van der Waals surface area (Å²) < 4.78 is 24.8. The summed E-state index contributed by atoms with van der Waals surface area (Å²) in [6, 6.07) is 0. The third kappa shape index (κ3) is 1.97. The second-order valence-corrected chi connectivity index (χ2v) is 3.32. The molecule has 0 atom stereocenters. The molecule has 76 valence electrons. The van der Waals surface area contributed by atoms with Crippen molar-refractivity contribution in [3.8, 4) is 0 Å². The lowest BCUT2D eigenvalue weighted by molar-refractivity contribution is 0.110. The van der Waals surface area contributed by atoms with E-state index in [2.05, 4.69) is 20.9 Å². The van der Waals surface area contributed by atoms with E-state index in [1.165, 1.54) is 6.20 Å². The molecule has 0 saturated carbocycles. The fraction of sp³-hybridized carbons (Fsp3) is 0.333. The molecule has 1 rings (SSSR count). The van der Waals surface area contributed by atoms with Gasteiger partial charge >= 0.3 is 0 Å². The predicted molar refractivity (Wildman–Crippen MR) is 51.9 cm³/mol. The molecule has 1 aromatic rings. The van der Waals surface area contributed by atoms with Crippen LogP contribution >= 0.6 is 15.9 Å². The highest BCUT2D eigenvalue weighted by Gasteiger charge is 2.17. The van der Waals surface area contributed by atoms with Crippen molar-refractivity contribution in [2.75, 3.05) is 0 Å². The number of aromatic nitrogens is 1. The largest absolute Gasteiger partial charge is 0.298 e. The molecule has 5 heteroatoms. The van der Waals surface area contributed by atoms with Crippen molar-refractivity contribution >= 4 is 22.2 Å². The lowest BCUT2D eigenvalue weighted by atomic mass is 10.0. The van der Waals surface area contributed by atoms with E-state index < -0.39 is 12.1 Å². The molecule has 0 radical (unpaired) electrons. The van der Waals surface area contributed by atoms with Crippen LogP contribution in [0, 0.1) is 6.92 Å². The van der Waals surface area contributed by atoms with Gasteiger partial charge in [-0.15, -0.1) is 0 Å². The van der Waals surface area contributed by atoms with Crippen LogP contribution in [0.4, 0.5) is 8.78 Å². The van der Waals surface area contributed by atoms with Crippen LogP contribution in [0.5, 0.6) is 0 Å². The summed E-state index contributed by atoms with van der Waals surface area (Å²) in [7, 11) is 0. The number of hydrogen-bond acceptors (Lipinski definition) is 2. The summed E-state index contributed by atoms with van der Waals surface area (Å²) in [5, 5.41) is 0.496. The zero-order valence-corrected chi connectivity index (χ0v) is 9.01. The number of alkyl halides is 3. The highest BCUT2D eigenvalue weighted by atomic mass is 79.9. The second-order valence-electron chi connectivity index (χ2n) is 2.76. The van der Waals surface area contributed by atoms with Crippen molar-refractivity contribution in [2.24, 2.45) is 0 Å². The minimum atomic E-state index is -2.71. The number of aldehydes is 1. The minimum absolute atomic E-state index is 0.00282. The molecule has 0 N–H and O–H groups in total. The van der Waals surface area contributed by atoms with Gasteiger partial charge in [-0.25, -0.2) is 8.78 Å². The molecule has 0 saturated heterocycles. The van der Waals surface area contributed by atoms with E-state index in [4.69, 9.17) is 0 Å². The lowest BCUT2D eigenvalue weighted by Crippen LogP contribution is -2.03. The number of carbonyl (C=O) groups excluding carboxylic acids is 1. The first-order valence-electron chi connectivity index (χ1n) is 3.89. The maximum Gasteiger partial charge on any atom is 0.281 e. The van der Waals surface area contributed by atoms with Crippen LogP contribution in [0.15, 0.2) is 6.20 Å². The second kappa shape index (κ2) is 4.59. The summed E-state index contributed by atoms with van der Waals surface area (Å²) >= 11 is 3.19. The molecule has 0 fully saturated rings. The topological polar surface area (TPSA) is 30.0 Å². The average molecular weight is 264 g/mol. The highest BCUT2D eigenvalue weighted by Crippen LogP contribution is 2.24. The summed E-state index contributed by atoms with van der Waals surface area (Å²) in [6.45, 7) is 1.63. The van der Waals surface area contributed by atoms with E-state index in [9.17, 15) is 13.6 Å². The Hall–Kier alpha value is -0.840. The van der Waals surface area contributed by atoms with Crippen LogP contribution in [0.1, 0.15) is 33.6 Å². The Morgan fingerprint density at radius 3 is 2.71 bits per heavy atom. The van der Waals surface area contributed by atoms with E-state index in [0.29, 0.717) is 17.2 Å². The molecule has 0 aromatic carbocycles. The molecule has 0 amide bonds. The summed E-state index contributed by atoms with van der Waals surface area (Å²) in [4.78, 5) is 14.2. The number of rotatable bonds is 3. The fourth-order valence-corrected chi connectivity index (χ4v) is 1.70. The Morgan fingerprint density at radius 2 is 2.29 bits per heavy atom. The monoisotopic (exact) mass is 263 g/mol. The molecular weight excluding hydrogens is 256 g/mol. The quantitative estimate of drug-likeness (QED) is 0.620. The van der Waals surface area contributed by atoms with Gasteiger partial charge in [0.2, 0.25) is 0 Å². The average Bonchev–Trinajstić information content (AvgIpc) is 2.17. The maximum absolute atomic E-state index is 12.4. The van der Waals surface area contributed by atoms with Crippen LogP contribution in [-0.4, -0.2) is 11.3 Å². The minimum Gasteiger partial charge on any atom is -0.298 e. The van der Waals surface area contributed by atoms with Crippen molar-refractivity contribution in [2.45, 2.75) is 18.7 Å². The number of pyridine rings is 1. The van der Waals surface area contributed by atoms with Crippen molar-refractivity contribution in [1.82, 2.24) is 4.98 Å². The Morgan fingerprint density at radius 1 is 1.64 bits per heavy atom. The first-order valence-corrected chi connectivity index (χ1v) is 5.01. The van der Waals surface area contributed by atoms with E-state index in [1.807, 2.05) is 0 Å². The molecule has 0 aliphatic rings. The van der Waals surface area contributed by atoms with Crippen molar-refractivity contribution in [3.63, 3.8) is 0 Å². The SMILES string of the molecule is Cc1c(CBr)cnc(C(F)F)c1C=O. The van der Waals surface area contributed by atoms with E-state index in [-0.39, 0.29) is 5.56 Å². The van der Waals surface area contributed by atoms with Crippen molar-refractivity contribution in [1.29, 1.82) is 0 Å². The van der Waals surface area contributed by atoms with Crippen LogP contribution in [0.25, 0.3) is 0 Å². The molecule has 1 heterocycles. The number of hydrogen-bond donors (Lipinski definition) is 0. The van der Waals surface area contributed by atoms with Gasteiger partial charge in [-0.3, -0.25) is 9.78 Å². The third-order valence-electron chi connectivity index (χ3n) is 1.99. The Labute approximate surface area is 88.5 Å². The third-order valence-corrected chi connectivity index (χ3v) is 2.59. The number of halogens is 3. The van der Waals surface area contributed by atoms with Crippen LogP contribution in [-0.2, 0) is 5.33 Å². The van der Waals surface area contributed by atoms with Gasteiger partial charge in [0.1, 0.15) is 5.69 Å². The van der Waals surface area contributed by atoms with Gasteiger partial charge in [0, 0.05) is 17.1 Å². The zero-order chi connectivity index (χ0) is 10.7.